The number of rotatable bonds is 6. The van der Waals surface area contributed by atoms with Crippen LogP contribution in [0.5, 0.6) is 0 Å². The van der Waals surface area contributed by atoms with Gasteiger partial charge in [-0.1, -0.05) is 30.3 Å². The van der Waals surface area contributed by atoms with Crippen LogP contribution in [0.2, 0.25) is 0 Å². The smallest absolute Gasteiger partial charge is 0.410 e. The summed E-state index contributed by atoms with van der Waals surface area (Å²) < 4.78 is 12.0. The molecule has 174 valence electrons. The van der Waals surface area contributed by atoms with E-state index in [9.17, 15) is 9.90 Å². The first kappa shape index (κ1) is 24.0. The lowest BCUT2D eigenvalue weighted by atomic mass is 9.79. The quantitative estimate of drug-likeness (QED) is 0.703. The van der Waals surface area contributed by atoms with E-state index in [1.807, 2.05) is 20.8 Å². The Morgan fingerprint density at radius 2 is 1.87 bits per heavy atom. The molecule has 0 spiro atoms. The number of piperidine rings is 1. The van der Waals surface area contributed by atoms with Gasteiger partial charge in [-0.3, -0.25) is 0 Å². The maximum atomic E-state index is 12.9. The Hall–Kier alpha value is -1.63. The van der Waals surface area contributed by atoms with Crippen molar-refractivity contribution in [2.45, 2.75) is 94.9 Å². The Kier molecular flexibility index (Phi) is 8.00. The van der Waals surface area contributed by atoms with E-state index in [0.717, 1.165) is 38.5 Å². The second-order valence-electron chi connectivity index (χ2n) is 10.2. The van der Waals surface area contributed by atoms with E-state index in [1.54, 1.807) is 4.90 Å². The number of carbonyl (C=O) groups is 1. The summed E-state index contributed by atoms with van der Waals surface area (Å²) in [6.45, 7) is 6.60. The summed E-state index contributed by atoms with van der Waals surface area (Å²) in [7, 11) is 0. The molecule has 0 radical (unpaired) electrons. The summed E-state index contributed by atoms with van der Waals surface area (Å²) in [6.07, 6.45) is 6.09. The van der Waals surface area contributed by atoms with Gasteiger partial charge in [0.25, 0.3) is 0 Å². The average Bonchev–Trinajstić information content (AvgIpc) is 2.72. The molecule has 2 atom stereocenters. The lowest BCUT2D eigenvalue weighted by Gasteiger charge is -2.48. The van der Waals surface area contributed by atoms with Crippen molar-refractivity contribution < 1.29 is 19.4 Å². The number of hydrogen-bond acceptors (Lipinski definition) is 5. The Morgan fingerprint density at radius 1 is 1.19 bits per heavy atom. The van der Waals surface area contributed by atoms with E-state index in [1.165, 1.54) is 5.56 Å². The number of likely N-dealkylation sites (tertiary alicyclic amines) is 1. The van der Waals surface area contributed by atoms with Crippen molar-refractivity contribution in [2.24, 2.45) is 5.73 Å². The van der Waals surface area contributed by atoms with Crippen LogP contribution in [-0.4, -0.2) is 59.1 Å². The zero-order valence-electron chi connectivity index (χ0n) is 19.4. The number of carbonyl (C=O) groups excluding carboxylic acids is 1. The van der Waals surface area contributed by atoms with Gasteiger partial charge in [0, 0.05) is 18.7 Å². The van der Waals surface area contributed by atoms with Crippen LogP contribution in [0.15, 0.2) is 30.3 Å². The van der Waals surface area contributed by atoms with E-state index in [4.69, 9.17) is 15.2 Å². The summed E-state index contributed by atoms with van der Waals surface area (Å²) in [5.74, 6) is 0.594. The third-order valence-electron chi connectivity index (χ3n) is 6.72. The number of nitrogens with zero attached hydrogens (tertiary/aromatic N) is 1. The molecular weight excluding hydrogens is 392 g/mol. The third kappa shape index (κ3) is 6.43. The second-order valence-corrected chi connectivity index (χ2v) is 10.2. The molecule has 1 saturated heterocycles. The topological polar surface area (TPSA) is 85.0 Å². The van der Waals surface area contributed by atoms with Gasteiger partial charge in [0.1, 0.15) is 5.60 Å². The molecule has 1 aromatic rings. The fraction of sp³-hybridized carbons (Fsp3) is 0.720. The Morgan fingerprint density at radius 3 is 2.48 bits per heavy atom. The van der Waals surface area contributed by atoms with Crippen molar-refractivity contribution in [3.8, 4) is 0 Å². The summed E-state index contributed by atoms with van der Waals surface area (Å²) in [4.78, 5) is 14.6. The zero-order valence-corrected chi connectivity index (χ0v) is 19.4. The Balaban J connectivity index is 1.62. The number of benzene rings is 1. The molecule has 1 aromatic carbocycles. The highest BCUT2D eigenvalue weighted by Crippen LogP contribution is 2.35. The van der Waals surface area contributed by atoms with E-state index in [2.05, 4.69) is 30.3 Å². The molecule has 0 aromatic heterocycles. The second kappa shape index (κ2) is 10.3. The van der Waals surface area contributed by atoms with Crippen LogP contribution in [0.1, 0.15) is 77.2 Å². The van der Waals surface area contributed by atoms with E-state index in [0.29, 0.717) is 25.5 Å². The van der Waals surface area contributed by atoms with Gasteiger partial charge in [0.05, 0.1) is 18.8 Å². The maximum absolute atomic E-state index is 12.9. The Labute approximate surface area is 187 Å². The highest BCUT2D eigenvalue weighted by atomic mass is 16.6. The number of amides is 1. The molecule has 1 aliphatic carbocycles. The molecular formula is C25H40N2O4. The average molecular weight is 433 g/mol. The molecule has 2 fully saturated rings. The SMILES string of the molecule is CC(C)(C)OC(=O)N1CCCC(N)(CCO)C1CO[C@H]1CC[C@@H](c2ccccc2)CC1. The summed E-state index contributed by atoms with van der Waals surface area (Å²) in [5.41, 5.74) is 6.91. The van der Waals surface area contributed by atoms with E-state index < -0.39 is 11.1 Å². The van der Waals surface area contributed by atoms with Crippen LogP contribution < -0.4 is 5.73 Å². The fourth-order valence-corrected chi connectivity index (χ4v) is 5.02. The number of ether oxygens (including phenoxy) is 2. The monoisotopic (exact) mass is 432 g/mol. The minimum Gasteiger partial charge on any atom is -0.444 e. The molecule has 1 saturated carbocycles. The van der Waals surface area contributed by atoms with Crippen molar-refractivity contribution in [3.63, 3.8) is 0 Å². The third-order valence-corrected chi connectivity index (χ3v) is 6.72. The largest absolute Gasteiger partial charge is 0.444 e. The highest BCUT2D eigenvalue weighted by Gasteiger charge is 2.45. The van der Waals surface area contributed by atoms with E-state index in [-0.39, 0.29) is 24.8 Å². The van der Waals surface area contributed by atoms with Gasteiger partial charge in [-0.25, -0.2) is 4.79 Å². The summed E-state index contributed by atoms with van der Waals surface area (Å²) >= 11 is 0. The fourth-order valence-electron chi connectivity index (χ4n) is 5.02. The van der Waals surface area contributed by atoms with Crippen LogP contribution in [0, 0.1) is 0 Å². The lowest BCUT2D eigenvalue weighted by molar-refractivity contribution is -0.0569. The van der Waals surface area contributed by atoms with Gasteiger partial charge in [0.15, 0.2) is 0 Å². The zero-order chi connectivity index (χ0) is 22.5. The van der Waals surface area contributed by atoms with Gasteiger partial charge in [-0.2, -0.15) is 0 Å². The molecule has 6 heteroatoms. The number of aliphatic hydroxyl groups excluding tert-OH is 1. The van der Waals surface area contributed by atoms with Gasteiger partial charge in [-0.05, 0) is 77.2 Å². The van der Waals surface area contributed by atoms with Crippen LogP contribution in [0.25, 0.3) is 0 Å². The molecule has 1 amide bonds. The maximum Gasteiger partial charge on any atom is 0.410 e. The van der Waals surface area contributed by atoms with Gasteiger partial charge in [0.2, 0.25) is 0 Å². The summed E-state index contributed by atoms with van der Waals surface area (Å²) in [5, 5.41) is 9.61. The first-order valence-electron chi connectivity index (χ1n) is 11.8. The molecule has 2 aliphatic rings. The number of aliphatic hydroxyl groups is 1. The number of hydrogen-bond donors (Lipinski definition) is 2. The van der Waals surface area contributed by atoms with Crippen LogP contribution in [-0.2, 0) is 9.47 Å². The first-order chi connectivity index (χ1) is 14.7. The van der Waals surface area contributed by atoms with Crippen molar-refractivity contribution in [3.05, 3.63) is 35.9 Å². The van der Waals surface area contributed by atoms with Crippen molar-refractivity contribution in [2.75, 3.05) is 19.8 Å². The normalized spacial score (nSPS) is 29.6. The first-order valence-corrected chi connectivity index (χ1v) is 11.8. The van der Waals surface area contributed by atoms with Gasteiger partial charge >= 0.3 is 6.09 Å². The van der Waals surface area contributed by atoms with Gasteiger partial charge < -0.3 is 25.2 Å². The van der Waals surface area contributed by atoms with Gasteiger partial charge in [-0.15, -0.1) is 0 Å². The molecule has 31 heavy (non-hydrogen) atoms. The lowest BCUT2D eigenvalue weighted by Crippen LogP contribution is -2.65. The van der Waals surface area contributed by atoms with Crippen LogP contribution in [0.3, 0.4) is 0 Å². The van der Waals surface area contributed by atoms with Crippen molar-refractivity contribution >= 4 is 6.09 Å². The molecule has 3 rings (SSSR count). The molecule has 6 nitrogen and oxygen atoms in total. The molecule has 2 unspecified atom stereocenters. The minimum absolute atomic E-state index is 0.00264. The summed E-state index contributed by atoms with van der Waals surface area (Å²) in [6, 6.07) is 10.4. The Bertz CT molecular complexity index is 693. The highest BCUT2D eigenvalue weighted by molar-refractivity contribution is 5.69. The molecule has 1 aliphatic heterocycles. The molecule has 3 N–H and O–H groups in total. The van der Waals surface area contributed by atoms with E-state index >= 15 is 0 Å². The number of nitrogens with two attached hydrogens (primary N) is 1. The van der Waals surface area contributed by atoms with Crippen molar-refractivity contribution in [1.29, 1.82) is 0 Å². The molecule has 1 heterocycles. The minimum atomic E-state index is -0.662. The predicted octanol–water partition coefficient (Wildman–Crippen LogP) is 4.21. The van der Waals surface area contributed by atoms with Crippen LogP contribution >= 0.6 is 0 Å². The predicted molar refractivity (Wildman–Crippen MR) is 122 cm³/mol. The standard InChI is InChI=1S/C25H40N2O4/c1-24(2,3)31-23(29)27-16-7-14-25(26,15-17-28)22(27)18-30-21-12-10-20(11-13-21)19-8-5-4-6-9-19/h4-6,8-9,20-22,28H,7,10-18,26H2,1-3H3/t20-,21+,22?,25?. The van der Waals surface area contributed by atoms with Crippen LogP contribution in [0.4, 0.5) is 4.79 Å². The van der Waals surface area contributed by atoms with Crippen molar-refractivity contribution in [1.82, 2.24) is 4.90 Å². The molecule has 0 bridgehead atoms.